The van der Waals surface area contributed by atoms with Crippen molar-refractivity contribution in [3.8, 4) is 22.3 Å². The van der Waals surface area contributed by atoms with E-state index in [-0.39, 0.29) is 0 Å². The number of aryl methyl sites for hydroxylation is 1. The molecule has 0 radical (unpaired) electrons. The summed E-state index contributed by atoms with van der Waals surface area (Å²) in [6.45, 7) is 8.87. The summed E-state index contributed by atoms with van der Waals surface area (Å²) in [6, 6.07) is 18.1. The standard InChI is InChI=1S/C28H29N7O/c1-3-34-12-14-35(15-13-34)18-20-4-6-21(7-5-20)24-16-25-26(19-33(2)27(25)30-17-24)22-8-10-23(11-9-22)28(36)31-32-29/h4-11,16-17,19H,3,12-15,18H2,1-2H3. The number of hydrogen-bond acceptors (Lipinski definition) is 4. The number of aromatic nitrogens is 2. The molecule has 0 atom stereocenters. The van der Waals surface area contributed by atoms with Gasteiger partial charge in [0.15, 0.2) is 0 Å². The molecule has 0 unspecified atom stereocenters. The predicted molar refractivity (Wildman–Crippen MR) is 142 cm³/mol. The van der Waals surface area contributed by atoms with Gasteiger partial charge >= 0.3 is 0 Å². The van der Waals surface area contributed by atoms with E-state index in [0.717, 1.165) is 72.6 Å². The lowest BCUT2D eigenvalue weighted by molar-refractivity contribution is 0.100. The number of benzene rings is 2. The Kier molecular flexibility index (Phi) is 6.82. The van der Waals surface area contributed by atoms with Crippen molar-refractivity contribution in [2.75, 3.05) is 32.7 Å². The quantitative estimate of drug-likeness (QED) is 0.208. The van der Waals surface area contributed by atoms with E-state index in [4.69, 9.17) is 10.5 Å². The second kappa shape index (κ2) is 10.3. The van der Waals surface area contributed by atoms with Gasteiger partial charge in [-0.2, -0.15) is 0 Å². The first-order valence-corrected chi connectivity index (χ1v) is 12.2. The van der Waals surface area contributed by atoms with E-state index in [0.29, 0.717) is 5.56 Å². The van der Waals surface area contributed by atoms with E-state index in [9.17, 15) is 4.79 Å². The molecule has 182 valence electrons. The van der Waals surface area contributed by atoms with Crippen molar-refractivity contribution in [2.24, 2.45) is 12.2 Å². The number of piperazine rings is 1. The zero-order valence-electron chi connectivity index (χ0n) is 20.6. The molecule has 4 aromatic rings. The summed E-state index contributed by atoms with van der Waals surface area (Å²) in [5, 5.41) is 4.21. The maximum Gasteiger partial charge on any atom is 0.249 e. The largest absolute Gasteiger partial charge is 0.335 e. The SMILES string of the molecule is CCN1CCN(Cc2ccc(-c3cnc4c(c3)c(-c3ccc(C(=O)N=[N+]=[N-])cc3)cn4C)cc2)CC1. The minimum absolute atomic E-state index is 0.364. The molecule has 8 heteroatoms. The van der Waals surface area contributed by atoms with E-state index in [1.165, 1.54) is 5.56 Å². The lowest BCUT2D eigenvalue weighted by Gasteiger charge is -2.34. The zero-order chi connectivity index (χ0) is 25.1. The van der Waals surface area contributed by atoms with E-state index >= 15 is 0 Å². The van der Waals surface area contributed by atoms with Crippen molar-refractivity contribution in [1.29, 1.82) is 0 Å². The number of likely N-dealkylation sites (N-methyl/N-ethyl adjacent to an activating group) is 1. The summed E-state index contributed by atoms with van der Waals surface area (Å²) in [4.78, 5) is 24.2. The van der Waals surface area contributed by atoms with Crippen molar-refractivity contribution in [2.45, 2.75) is 13.5 Å². The molecule has 0 spiro atoms. The Labute approximate surface area is 210 Å². The minimum Gasteiger partial charge on any atom is -0.335 e. The van der Waals surface area contributed by atoms with Crippen LogP contribution in [0.5, 0.6) is 0 Å². The van der Waals surface area contributed by atoms with Crippen molar-refractivity contribution in [3.63, 3.8) is 0 Å². The summed E-state index contributed by atoms with van der Waals surface area (Å²) >= 11 is 0. The molecule has 8 nitrogen and oxygen atoms in total. The molecule has 5 rings (SSSR count). The van der Waals surface area contributed by atoms with Gasteiger partial charge in [0.2, 0.25) is 5.91 Å². The predicted octanol–water partition coefficient (Wildman–Crippen LogP) is 5.50. The number of carbonyl (C=O) groups is 1. The molecule has 2 aromatic heterocycles. The van der Waals surface area contributed by atoms with Crippen molar-refractivity contribution in [3.05, 3.63) is 88.6 Å². The third-order valence-electron chi connectivity index (χ3n) is 7.00. The summed E-state index contributed by atoms with van der Waals surface area (Å²) in [6.07, 6.45) is 3.97. The van der Waals surface area contributed by atoms with Gasteiger partial charge in [-0.25, -0.2) is 4.98 Å². The molecule has 1 fully saturated rings. The zero-order valence-corrected chi connectivity index (χ0v) is 20.6. The molecular formula is C28H29N7O. The van der Waals surface area contributed by atoms with Crippen molar-refractivity contribution < 1.29 is 4.79 Å². The average Bonchev–Trinajstić information content (AvgIpc) is 3.25. The number of amides is 1. The molecule has 1 aliphatic heterocycles. The summed E-state index contributed by atoms with van der Waals surface area (Å²) in [7, 11) is 1.98. The van der Waals surface area contributed by atoms with Crippen molar-refractivity contribution in [1.82, 2.24) is 19.4 Å². The van der Waals surface area contributed by atoms with Gasteiger partial charge < -0.3 is 9.47 Å². The minimum atomic E-state index is -0.586. The first kappa shape index (κ1) is 23.8. The van der Waals surface area contributed by atoms with Gasteiger partial charge in [-0.1, -0.05) is 55.5 Å². The van der Waals surface area contributed by atoms with E-state index in [1.807, 2.05) is 36.1 Å². The fourth-order valence-corrected chi connectivity index (χ4v) is 4.86. The highest BCUT2D eigenvalue weighted by Gasteiger charge is 2.16. The second-order valence-corrected chi connectivity index (χ2v) is 9.23. The Morgan fingerprint density at radius 1 is 0.972 bits per heavy atom. The molecule has 3 heterocycles. The van der Waals surface area contributed by atoms with Gasteiger partial charge in [-0.15, -0.1) is 0 Å². The van der Waals surface area contributed by atoms with Crippen LogP contribution in [0.4, 0.5) is 0 Å². The molecule has 1 saturated heterocycles. The second-order valence-electron chi connectivity index (χ2n) is 9.23. The number of azide groups is 1. The van der Waals surface area contributed by atoms with Crippen LogP contribution in [-0.2, 0) is 13.6 Å². The molecule has 0 N–H and O–H groups in total. The average molecular weight is 480 g/mol. The maximum atomic E-state index is 11.8. The van der Waals surface area contributed by atoms with Crippen LogP contribution >= 0.6 is 0 Å². The molecule has 0 aliphatic carbocycles. The molecule has 36 heavy (non-hydrogen) atoms. The molecular weight excluding hydrogens is 450 g/mol. The lowest BCUT2D eigenvalue weighted by Crippen LogP contribution is -2.45. The van der Waals surface area contributed by atoms with Gasteiger partial charge in [-0.05, 0) is 39.9 Å². The van der Waals surface area contributed by atoms with Crippen LogP contribution in [0.2, 0.25) is 0 Å². The molecule has 1 amide bonds. The Morgan fingerprint density at radius 3 is 2.31 bits per heavy atom. The number of carbonyl (C=O) groups excluding carboxylic acids is 1. The highest BCUT2D eigenvalue weighted by molar-refractivity contribution is 5.98. The van der Waals surface area contributed by atoms with Gasteiger partial charge in [-0.3, -0.25) is 9.69 Å². The summed E-state index contributed by atoms with van der Waals surface area (Å²) in [5.74, 6) is -0.586. The van der Waals surface area contributed by atoms with Crippen LogP contribution in [0.25, 0.3) is 43.7 Å². The molecule has 0 bridgehead atoms. The van der Waals surface area contributed by atoms with Crippen LogP contribution in [0.1, 0.15) is 22.8 Å². The Balaban J connectivity index is 1.38. The van der Waals surface area contributed by atoms with Crippen molar-refractivity contribution >= 4 is 16.9 Å². The van der Waals surface area contributed by atoms with E-state index < -0.39 is 5.91 Å². The fourth-order valence-electron chi connectivity index (χ4n) is 4.86. The lowest BCUT2D eigenvalue weighted by atomic mass is 10.0. The topological polar surface area (TPSA) is 90.1 Å². The highest BCUT2D eigenvalue weighted by atomic mass is 16.1. The Hall–Kier alpha value is -3.97. The number of nitrogens with zero attached hydrogens (tertiary/aromatic N) is 7. The molecule has 1 aliphatic rings. The Bertz CT molecular complexity index is 1430. The number of pyridine rings is 1. The first-order valence-electron chi connectivity index (χ1n) is 12.2. The normalized spacial score (nSPS) is 14.6. The number of fused-ring (bicyclic) bond motifs is 1. The van der Waals surface area contributed by atoms with Crippen LogP contribution < -0.4 is 0 Å². The van der Waals surface area contributed by atoms with Crippen LogP contribution in [0.15, 0.2) is 72.1 Å². The third kappa shape index (κ3) is 4.88. The highest BCUT2D eigenvalue weighted by Crippen LogP contribution is 2.32. The van der Waals surface area contributed by atoms with Crippen LogP contribution in [-0.4, -0.2) is 58.0 Å². The first-order chi connectivity index (χ1) is 17.6. The third-order valence-corrected chi connectivity index (χ3v) is 7.00. The monoisotopic (exact) mass is 479 g/mol. The van der Waals surface area contributed by atoms with Gasteiger partial charge in [0, 0.05) is 79.2 Å². The van der Waals surface area contributed by atoms with Gasteiger partial charge in [0.25, 0.3) is 0 Å². The van der Waals surface area contributed by atoms with Gasteiger partial charge in [0.05, 0.1) is 0 Å². The number of rotatable bonds is 6. The van der Waals surface area contributed by atoms with Crippen LogP contribution in [0, 0.1) is 0 Å². The smallest absolute Gasteiger partial charge is 0.249 e. The summed E-state index contributed by atoms with van der Waals surface area (Å²) < 4.78 is 2.01. The van der Waals surface area contributed by atoms with E-state index in [2.05, 4.69) is 57.1 Å². The molecule has 2 aromatic carbocycles. The molecule has 0 saturated carbocycles. The summed E-state index contributed by atoms with van der Waals surface area (Å²) in [5.41, 5.74) is 15.3. The van der Waals surface area contributed by atoms with E-state index in [1.54, 1.807) is 12.1 Å². The Morgan fingerprint density at radius 2 is 1.64 bits per heavy atom. The van der Waals surface area contributed by atoms with Crippen LogP contribution in [0.3, 0.4) is 0 Å². The van der Waals surface area contributed by atoms with Gasteiger partial charge in [0.1, 0.15) is 5.65 Å². The maximum absolute atomic E-state index is 11.8. The number of hydrogen-bond donors (Lipinski definition) is 0. The fraction of sp³-hybridized carbons (Fsp3) is 0.286.